The number of carbonyl (C=O) groups excluding carboxylic acids is 1. The second-order valence-corrected chi connectivity index (χ2v) is 1.68. The summed E-state index contributed by atoms with van der Waals surface area (Å²) in [6, 6.07) is 0. The molecule has 9 heavy (non-hydrogen) atoms. The van der Waals surface area contributed by atoms with E-state index in [1.807, 2.05) is 0 Å². The van der Waals surface area contributed by atoms with E-state index in [-0.39, 0.29) is 5.97 Å². The van der Waals surface area contributed by atoms with Gasteiger partial charge in [0.2, 0.25) is 0 Å². The number of esters is 1. The minimum Gasteiger partial charge on any atom is -0.469 e. The van der Waals surface area contributed by atoms with Crippen LogP contribution < -0.4 is 5.32 Å². The minimum absolute atomic E-state index is 0.157. The number of rotatable bonds is 1. The molecule has 0 unspecified atom stereocenters. The van der Waals surface area contributed by atoms with Crippen molar-refractivity contribution in [3.05, 3.63) is 0 Å². The van der Waals surface area contributed by atoms with Crippen LogP contribution in [0.25, 0.3) is 0 Å². The standard InChI is InChI=1S/C4H8O2.C2H5N/c1-3-4(5)6-2;1-2-3-1/h3H2,1-2H3;3H,1-2H2. The molecule has 1 saturated heterocycles. The van der Waals surface area contributed by atoms with Crippen molar-refractivity contribution < 1.29 is 9.53 Å². The van der Waals surface area contributed by atoms with Crippen molar-refractivity contribution in [2.75, 3.05) is 20.2 Å². The van der Waals surface area contributed by atoms with Gasteiger partial charge in [-0.15, -0.1) is 0 Å². The van der Waals surface area contributed by atoms with Crippen LogP contribution in [-0.2, 0) is 9.53 Å². The topological polar surface area (TPSA) is 48.2 Å². The Kier molecular flexibility index (Phi) is 5.21. The van der Waals surface area contributed by atoms with Gasteiger partial charge >= 0.3 is 5.97 Å². The van der Waals surface area contributed by atoms with Crippen LogP contribution in [0.5, 0.6) is 0 Å². The Bertz CT molecular complexity index is 72.4. The number of ether oxygens (including phenoxy) is 1. The van der Waals surface area contributed by atoms with Gasteiger partial charge in [0.1, 0.15) is 0 Å². The zero-order valence-electron chi connectivity index (χ0n) is 5.94. The molecule has 1 aliphatic rings. The Morgan fingerprint density at radius 2 is 2.11 bits per heavy atom. The fraction of sp³-hybridized carbons (Fsp3) is 0.833. The Morgan fingerprint density at radius 1 is 1.67 bits per heavy atom. The van der Waals surface area contributed by atoms with Crippen LogP contribution in [0.1, 0.15) is 13.3 Å². The molecule has 1 N–H and O–H groups in total. The van der Waals surface area contributed by atoms with Crippen molar-refractivity contribution in [3.8, 4) is 0 Å². The highest BCUT2D eigenvalue weighted by molar-refractivity contribution is 5.68. The lowest BCUT2D eigenvalue weighted by Gasteiger charge is -1.87. The largest absolute Gasteiger partial charge is 0.469 e. The summed E-state index contributed by atoms with van der Waals surface area (Å²) < 4.78 is 4.26. The average Bonchev–Trinajstić information content (AvgIpc) is 2.70. The van der Waals surface area contributed by atoms with Crippen molar-refractivity contribution in [1.29, 1.82) is 0 Å². The lowest BCUT2D eigenvalue weighted by Crippen LogP contribution is -1.94. The van der Waals surface area contributed by atoms with Crippen molar-refractivity contribution in [2.24, 2.45) is 0 Å². The molecule has 1 aliphatic heterocycles. The van der Waals surface area contributed by atoms with Gasteiger partial charge < -0.3 is 10.1 Å². The summed E-state index contributed by atoms with van der Waals surface area (Å²) in [5.74, 6) is -0.157. The maximum absolute atomic E-state index is 9.96. The van der Waals surface area contributed by atoms with E-state index in [0.29, 0.717) is 6.42 Å². The van der Waals surface area contributed by atoms with Gasteiger partial charge in [-0.3, -0.25) is 4.79 Å². The second-order valence-electron chi connectivity index (χ2n) is 1.68. The molecule has 0 atom stereocenters. The van der Waals surface area contributed by atoms with Crippen LogP contribution in [0.4, 0.5) is 0 Å². The van der Waals surface area contributed by atoms with Crippen LogP contribution in [0.15, 0.2) is 0 Å². The molecule has 0 bridgehead atoms. The quantitative estimate of drug-likeness (QED) is 0.407. The Hall–Kier alpha value is -0.570. The zero-order chi connectivity index (χ0) is 7.11. The monoisotopic (exact) mass is 131 g/mol. The second kappa shape index (κ2) is 5.56. The van der Waals surface area contributed by atoms with E-state index in [1.165, 1.54) is 20.2 Å². The summed E-state index contributed by atoms with van der Waals surface area (Å²) >= 11 is 0. The smallest absolute Gasteiger partial charge is 0.305 e. The fourth-order valence-electron chi connectivity index (χ4n) is 0.144. The number of nitrogens with one attached hydrogen (secondary N) is 1. The molecule has 0 aromatic rings. The van der Waals surface area contributed by atoms with Crippen LogP contribution in [-0.4, -0.2) is 26.2 Å². The number of hydrogen-bond donors (Lipinski definition) is 1. The maximum atomic E-state index is 9.96. The SMILES string of the molecule is C1CN1.CCC(=O)OC. The van der Waals surface area contributed by atoms with Gasteiger partial charge in [0.15, 0.2) is 0 Å². The molecule has 0 spiro atoms. The molecule has 0 amide bonds. The normalized spacial score (nSPS) is 13.1. The highest BCUT2D eigenvalue weighted by atomic mass is 16.5. The van der Waals surface area contributed by atoms with Crippen molar-refractivity contribution in [1.82, 2.24) is 5.32 Å². The van der Waals surface area contributed by atoms with Gasteiger partial charge in [0.25, 0.3) is 0 Å². The van der Waals surface area contributed by atoms with Gasteiger partial charge in [0, 0.05) is 19.5 Å². The molecule has 3 heteroatoms. The summed E-state index contributed by atoms with van der Waals surface area (Å²) in [4.78, 5) is 9.96. The average molecular weight is 131 g/mol. The molecule has 0 radical (unpaired) electrons. The van der Waals surface area contributed by atoms with Gasteiger partial charge in [-0.05, 0) is 0 Å². The molecule has 0 saturated carbocycles. The van der Waals surface area contributed by atoms with E-state index in [1.54, 1.807) is 6.92 Å². The first kappa shape index (κ1) is 8.43. The van der Waals surface area contributed by atoms with E-state index in [2.05, 4.69) is 10.1 Å². The predicted molar refractivity (Wildman–Crippen MR) is 35.2 cm³/mol. The highest BCUT2D eigenvalue weighted by Gasteiger charge is 1.91. The lowest BCUT2D eigenvalue weighted by molar-refractivity contribution is -0.140. The molecule has 1 fully saturated rings. The van der Waals surface area contributed by atoms with E-state index in [0.717, 1.165) is 0 Å². The molecule has 1 rings (SSSR count). The summed E-state index contributed by atoms with van der Waals surface area (Å²) in [5.41, 5.74) is 0. The van der Waals surface area contributed by atoms with Crippen molar-refractivity contribution in [3.63, 3.8) is 0 Å². The van der Waals surface area contributed by atoms with Gasteiger partial charge in [0.05, 0.1) is 7.11 Å². The predicted octanol–water partition coefficient (Wildman–Crippen LogP) is 0.159. The first-order chi connectivity index (χ1) is 4.31. The van der Waals surface area contributed by atoms with Crippen LogP contribution in [0.3, 0.4) is 0 Å². The van der Waals surface area contributed by atoms with Crippen LogP contribution >= 0.6 is 0 Å². The third-order valence-corrected chi connectivity index (χ3v) is 0.766. The van der Waals surface area contributed by atoms with E-state index >= 15 is 0 Å². The summed E-state index contributed by atoms with van der Waals surface area (Å²) in [6.45, 7) is 4.26. The maximum Gasteiger partial charge on any atom is 0.305 e. The lowest BCUT2D eigenvalue weighted by atomic mass is 10.5. The number of methoxy groups -OCH3 is 1. The Labute approximate surface area is 55.4 Å². The molecular formula is C6H13NO2. The molecule has 0 aromatic carbocycles. The van der Waals surface area contributed by atoms with E-state index in [9.17, 15) is 4.79 Å². The first-order valence-electron chi connectivity index (χ1n) is 3.08. The molecular weight excluding hydrogens is 118 g/mol. The van der Waals surface area contributed by atoms with Crippen molar-refractivity contribution in [2.45, 2.75) is 13.3 Å². The minimum atomic E-state index is -0.157. The number of carbonyl (C=O) groups is 1. The summed E-state index contributed by atoms with van der Waals surface area (Å²) in [5, 5.41) is 3.00. The fourth-order valence-corrected chi connectivity index (χ4v) is 0.144. The molecule has 1 heterocycles. The summed E-state index contributed by atoms with van der Waals surface area (Å²) in [7, 11) is 1.38. The molecule has 54 valence electrons. The molecule has 0 aromatic heterocycles. The Balaban J connectivity index is 0.000000173. The van der Waals surface area contributed by atoms with Gasteiger partial charge in [-0.1, -0.05) is 6.92 Å². The third kappa shape index (κ3) is 11.2. The van der Waals surface area contributed by atoms with E-state index in [4.69, 9.17) is 0 Å². The van der Waals surface area contributed by atoms with Crippen LogP contribution in [0, 0.1) is 0 Å². The first-order valence-corrected chi connectivity index (χ1v) is 3.08. The van der Waals surface area contributed by atoms with Crippen molar-refractivity contribution >= 4 is 5.97 Å². The highest BCUT2D eigenvalue weighted by Crippen LogP contribution is 1.76. The molecule has 0 aliphatic carbocycles. The zero-order valence-corrected chi connectivity index (χ0v) is 5.94. The van der Waals surface area contributed by atoms with E-state index < -0.39 is 0 Å². The van der Waals surface area contributed by atoms with Gasteiger partial charge in [-0.25, -0.2) is 0 Å². The number of hydrogen-bond acceptors (Lipinski definition) is 3. The van der Waals surface area contributed by atoms with Crippen LogP contribution in [0.2, 0.25) is 0 Å². The third-order valence-electron chi connectivity index (χ3n) is 0.766. The Morgan fingerprint density at radius 3 is 2.11 bits per heavy atom. The summed E-state index contributed by atoms with van der Waals surface area (Å²) in [6.07, 6.45) is 0.469. The molecule has 3 nitrogen and oxygen atoms in total. The van der Waals surface area contributed by atoms with Gasteiger partial charge in [-0.2, -0.15) is 0 Å².